The average molecular weight is 333 g/mol. The molecule has 0 spiro atoms. The Balaban J connectivity index is 2.15. The van der Waals surface area contributed by atoms with Crippen molar-refractivity contribution < 1.29 is 13.2 Å². The first kappa shape index (κ1) is 15.4. The van der Waals surface area contributed by atoms with E-state index in [4.69, 9.17) is 23.7 Å². The Morgan fingerprint density at radius 3 is 2.35 bits per heavy atom. The van der Waals surface area contributed by atoms with Gasteiger partial charge in [-0.15, -0.1) is 11.3 Å². The fourth-order valence-electron chi connectivity index (χ4n) is 2.10. The molecule has 1 amide bonds. The second-order valence-corrected chi connectivity index (χ2v) is 8.25. The van der Waals surface area contributed by atoms with E-state index in [2.05, 4.69) is 0 Å². The van der Waals surface area contributed by atoms with Crippen molar-refractivity contribution in [2.75, 3.05) is 13.1 Å². The normalized spacial score (nSPS) is 18.0. The Bertz CT molecular complexity index is 630. The van der Waals surface area contributed by atoms with Crippen LogP contribution in [0.2, 0.25) is 0 Å². The summed E-state index contributed by atoms with van der Waals surface area (Å²) in [5.74, 6) is -0.606. The molecule has 1 aromatic rings. The number of hydrogen-bond acceptors (Lipinski definition) is 5. The summed E-state index contributed by atoms with van der Waals surface area (Å²) in [6.45, 7) is 0.604. The summed E-state index contributed by atoms with van der Waals surface area (Å²) in [7, 11) is -3.54. The van der Waals surface area contributed by atoms with Gasteiger partial charge in [0.15, 0.2) is 0 Å². The van der Waals surface area contributed by atoms with Crippen molar-refractivity contribution in [1.82, 2.24) is 4.31 Å². The van der Waals surface area contributed by atoms with Gasteiger partial charge in [-0.3, -0.25) is 4.79 Å². The average Bonchev–Trinajstić information content (AvgIpc) is 2.89. The van der Waals surface area contributed by atoms with Crippen LogP contribution in [0.3, 0.4) is 0 Å². The summed E-state index contributed by atoms with van der Waals surface area (Å²) >= 11 is 5.89. The fourth-order valence-corrected chi connectivity index (χ4v) is 5.07. The standard InChI is InChI=1S/C11H15N3O3S3/c12-10(15)7-3-5-14(6-4-7)20(16,17)9-2-1-8(19-9)11(13)18/h1-2,7H,3-6H2,(H2,12,15)(H2,13,18). The SMILES string of the molecule is NC(=O)C1CCN(S(=O)(=O)c2ccc(C(N)=S)s2)CC1. The van der Waals surface area contributed by atoms with Crippen molar-refractivity contribution in [2.45, 2.75) is 17.1 Å². The molecule has 0 unspecified atom stereocenters. The summed E-state index contributed by atoms with van der Waals surface area (Å²) in [5.41, 5.74) is 10.7. The van der Waals surface area contributed by atoms with Crippen LogP contribution < -0.4 is 11.5 Å². The lowest BCUT2D eigenvalue weighted by molar-refractivity contribution is -0.122. The smallest absolute Gasteiger partial charge is 0.252 e. The van der Waals surface area contributed by atoms with Gasteiger partial charge in [-0.1, -0.05) is 12.2 Å². The van der Waals surface area contributed by atoms with E-state index >= 15 is 0 Å². The molecule has 1 fully saturated rings. The van der Waals surface area contributed by atoms with Crippen molar-refractivity contribution in [2.24, 2.45) is 17.4 Å². The van der Waals surface area contributed by atoms with Gasteiger partial charge in [0.25, 0.3) is 10.0 Å². The van der Waals surface area contributed by atoms with Gasteiger partial charge < -0.3 is 11.5 Å². The number of carbonyl (C=O) groups is 1. The lowest BCUT2D eigenvalue weighted by Gasteiger charge is -2.29. The van der Waals surface area contributed by atoms with Gasteiger partial charge in [0, 0.05) is 19.0 Å². The summed E-state index contributed by atoms with van der Waals surface area (Å²) in [6, 6.07) is 3.12. The van der Waals surface area contributed by atoms with Crippen LogP contribution in [0.5, 0.6) is 0 Å². The zero-order valence-corrected chi connectivity index (χ0v) is 13.1. The van der Waals surface area contributed by atoms with E-state index in [-0.39, 0.29) is 21.0 Å². The topological polar surface area (TPSA) is 106 Å². The van der Waals surface area contributed by atoms with Crippen LogP contribution in [-0.2, 0) is 14.8 Å². The zero-order chi connectivity index (χ0) is 14.9. The Kier molecular flexibility index (Phi) is 4.43. The third-order valence-electron chi connectivity index (χ3n) is 3.27. The van der Waals surface area contributed by atoms with Gasteiger partial charge in [-0.05, 0) is 25.0 Å². The lowest BCUT2D eigenvalue weighted by Crippen LogP contribution is -2.41. The first-order valence-corrected chi connectivity index (χ1v) is 8.68. The maximum atomic E-state index is 12.4. The van der Waals surface area contributed by atoms with Crippen molar-refractivity contribution >= 4 is 44.5 Å². The number of rotatable bonds is 4. The predicted octanol–water partition coefficient (Wildman–Crippen LogP) is 0.268. The number of piperidine rings is 1. The van der Waals surface area contributed by atoms with Gasteiger partial charge in [0.05, 0.1) is 4.88 Å². The third kappa shape index (κ3) is 3.00. The number of thiocarbonyl (C=S) groups is 1. The number of primary amides is 1. The molecule has 0 saturated carbocycles. The largest absolute Gasteiger partial charge is 0.389 e. The number of sulfonamides is 1. The number of thiophene rings is 1. The number of carbonyl (C=O) groups excluding carboxylic acids is 1. The number of nitrogens with zero attached hydrogens (tertiary/aromatic N) is 1. The molecule has 2 rings (SSSR count). The Morgan fingerprint density at radius 2 is 1.90 bits per heavy atom. The monoisotopic (exact) mass is 333 g/mol. The summed E-state index contributed by atoms with van der Waals surface area (Å²) < 4.78 is 26.5. The van der Waals surface area contributed by atoms with E-state index < -0.39 is 10.0 Å². The van der Waals surface area contributed by atoms with E-state index in [1.807, 2.05) is 0 Å². The molecule has 1 aliphatic heterocycles. The van der Waals surface area contributed by atoms with Gasteiger partial charge in [-0.2, -0.15) is 4.31 Å². The van der Waals surface area contributed by atoms with Crippen LogP contribution in [0.1, 0.15) is 17.7 Å². The highest BCUT2D eigenvalue weighted by Crippen LogP contribution is 2.28. The molecular formula is C11H15N3O3S3. The highest BCUT2D eigenvalue weighted by atomic mass is 32.2. The van der Waals surface area contributed by atoms with E-state index in [1.54, 1.807) is 6.07 Å². The Hall–Kier alpha value is -1.03. The summed E-state index contributed by atoms with van der Waals surface area (Å²) in [4.78, 5) is 11.8. The van der Waals surface area contributed by atoms with Crippen molar-refractivity contribution in [3.05, 3.63) is 17.0 Å². The van der Waals surface area contributed by atoms with Crippen molar-refractivity contribution in [3.63, 3.8) is 0 Å². The molecule has 0 aliphatic carbocycles. The predicted molar refractivity (Wildman–Crippen MR) is 80.9 cm³/mol. The molecule has 6 nitrogen and oxygen atoms in total. The minimum Gasteiger partial charge on any atom is -0.389 e. The number of hydrogen-bond donors (Lipinski definition) is 2. The maximum absolute atomic E-state index is 12.4. The van der Waals surface area contributed by atoms with E-state index in [0.29, 0.717) is 30.8 Å². The first-order chi connectivity index (χ1) is 9.32. The highest BCUT2D eigenvalue weighted by molar-refractivity contribution is 7.91. The van der Waals surface area contributed by atoms with Crippen molar-refractivity contribution in [3.8, 4) is 0 Å². The fraction of sp³-hybridized carbons (Fsp3) is 0.455. The molecule has 4 N–H and O–H groups in total. The van der Waals surface area contributed by atoms with E-state index in [1.165, 1.54) is 10.4 Å². The Labute approximate surface area is 126 Å². The summed E-state index contributed by atoms with van der Waals surface area (Å²) in [5, 5.41) is 0. The third-order valence-corrected chi connectivity index (χ3v) is 7.11. The zero-order valence-electron chi connectivity index (χ0n) is 10.6. The minimum atomic E-state index is -3.54. The molecule has 0 aromatic carbocycles. The molecule has 0 bridgehead atoms. The highest BCUT2D eigenvalue weighted by Gasteiger charge is 2.32. The van der Waals surface area contributed by atoms with Crippen molar-refractivity contribution in [1.29, 1.82) is 0 Å². The second kappa shape index (κ2) is 5.76. The maximum Gasteiger partial charge on any atom is 0.252 e. The molecule has 1 aliphatic rings. The summed E-state index contributed by atoms with van der Waals surface area (Å²) in [6.07, 6.45) is 0.921. The number of nitrogens with two attached hydrogens (primary N) is 2. The molecule has 20 heavy (non-hydrogen) atoms. The number of amides is 1. The lowest BCUT2D eigenvalue weighted by atomic mass is 9.98. The van der Waals surface area contributed by atoms with Gasteiger partial charge in [0.2, 0.25) is 5.91 Å². The van der Waals surface area contributed by atoms with E-state index in [0.717, 1.165) is 11.3 Å². The van der Waals surface area contributed by atoms with Gasteiger partial charge >= 0.3 is 0 Å². The van der Waals surface area contributed by atoms with Crippen LogP contribution in [-0.4, -0.2) is 36.7 Å². The van der Waals surface area contributed by atoms with Gasteiger partial charge in [-0.25, -0.2) is 8.42 Å². The first-order valence-electron chi connectivity index (χ1n) is 6.01. The minimum absolute atomic E-state index is 0.184. The molecule has 110 valence electrons. The molecular weight excluding hydrogens is 318 g/mol. The molecule has 9 heteroatoms. The second-order valence-electron chi connectivity index (χ2n) is 4.56. The molecule has 0 atom stereocenters. The van der Waals surface area contributed by atoms with Crippen LogP contribution in [0.25, 0.3) is 0 Å². The van der Waals surface area contributed by atoms with Crippen LogP contribution in [0.4, 0.5) is 0 Å². The van der Waals surface area contributed by atoms with Crippen LogP contribution in [0.15, 0.2) is 16.3 Å². The van der Waals surface area contributed by atoms with E-state index in [9.17, 15) is 13.2 Å². The van der Waals surface area contributed by atoms with Crippen LogP contribution in [0, 0.1) is 5.92 Å². The molecule has 1 saturated heterocycles. The van der Waals surface area contributed by atoms with Crippen LogP contribution >= 0.6 is 23.6 Å². The molecule has 0 radical (unpaired) electrons. The quantitative estimate of drug-likeness (QED) is 0.769. The molecule has 2 heterocycles. The Morgan fingerprint density at radius 1 is 1.30 bits per heavy atom. The van der Waals surface area contributed by atoms with Gasteiger partial charge in [0.1, 0.15) is 9.20 Å². The molecule has 1 aromatic heterocycles.